The van der Waals surface area contributed by atoms with E-state index in [2.05, 4.69) is 0 Å². The summed E-state index contributed by atoms with van der Waals surface area (Å²) in [5, 5.41) is 8.79. The zero-order valence-electron chi connectivity index (χ0n) is 15.1. The number of rotatable bonds is 6. The van der Waals surface area contributed by atoms with Crippen molar-refractivity contribution in [2.45, 2.75) is 32.8 Å². The fourth-order valence-corrected chi connectivity index (χ4v) is 2.10. The molecule has 0 saturated heterocycles. The Bertz CT molecular complexity index is 855. The fourth-order valence-electron chi connectivity index (χ4n) is 2.10. The molecular formula is C20H20FNO4. The molecule has 0 aromatic heterocycles. The predicted octanol–water partition coefficient (Wildman–Crippen LogP) is 4.84. The summed E-state index contributed by atoms with van der Waals surface area (Å²) in [6.45, 7) is 5.84. The van der Waals surface area contributed by atoms with Gasteiger partial charge in [-0.05, 0) is 44.5 Å². The molecule has 0 radical (unpaired) electrons. The first kappa shape index (κ1) is 19.3. The summed E-state index contributed by atoms with van der Waals surface area (Å²) in [4.78, 5) is 11.9. The van der Waals surface area contributed by atoms with Crippen molar-refractivity contribution >= 4 is 5.97 Å². The van der Waals surface area contributed by atoms with Crippen molar-refractivity contribution in [2.24, 2.45) is 0 Å². The Morgan fingerprint density at radius 2 is 1.85 bits per heavy atom. The Morgan fingerprint density at radius 3 is 2.42 bits per heavy atom. The number of hydrogen-bond acceptors (Lipinski definition) is 5. The summed E-state index contributed by atoms with van der Waals surface area (Å²) in [6, 6.07) is 10.3. The SMILES string of the molecule is CCC(C)(C)Oc1cc(Oc2ccc(C#N)c(F)c2)cc(C(=O)OC)c1. The van der Waals surface area contributed by atoms with E-state index in [0.29, 0.717) is 11.5 Å². The first-order chi connectivity index (χ1) is 12.3. The molecule has 0 unspecified atom stereocenters. The van der Waals surface area contributed by atoms with Gasteiger partial charge in [0.2, 0.25) is 0 Å². The molecule has 0 N–H and O–H groups in total. The number of halogens is 1. The van der Waals surface area contributed by atoms with Gasteiger partial charge in [0.25, 0.3) is 0 Å². The van der Waals surface area contributed by atoms with Crippen molar-refractivity contribution in [1.82, 2.24) is 0 Å². The van der Waals surface area contributed by atoms with Gasteiger partial charge in [0, 0.05) is 12.1 Å². The second kappa shape index (κ2) is 7.87. The second-order valence-electron chi connectivity index (χ2n) is 6.26. The molecule has 5 nitrogen and oxygen atoms in total. The summed E-state index contributed by atoms with van der Waals surface area (Å²) < 4.78 is 30.1. The van der Waals surface area contributed by atoms with E-state index in [-0.39, 0.29) is 16.9 Å². The minimum absolute atomic E-state index is 0.0746. The van der Waals surface area contributed by atoms with Crippen LogP contribution in [0.15, 0.2) is 36.4 Å². The lowest BCUT2D eigenvalue weighted by Gasteiger charge is -2.25. The van der Waals surface area contributed by atoms with Gasteiger partial charge in [-0.1, -0.05) is 6.92 Å². The molecule has 0 amide bonds. The number of carbonyl (C=O) groups excluding carboxylic acids is 1. The molecular weight excluding hydrogens is 337 g/mol. The number of nitriles is 1. The quantitative estimate of drug-likeness (QED) is 0.692. The van der Waals surface area contributed by atoms with E-state index >= 15 is 0 Å². The van der Waals surface area contributed by atoms with Crippen LogP contribution in [0.3, 0.4) is 0 Å². The van der Waals surface area contributed by atoms with Crippen LogP contribution in [-0.2, 0) is 4.74 Å². The highest BCUT2D eigenvalue weighted by Crippen LogP contribution is 2.31. The topological polar surface area (TPSA) is 68.5 Å². The molecule has 0 bridgehead atoms. The van der Waals surface area contributed by atoms with Crippen LogP contribution in [0, 0.1) is 17.1 Å². The Balaban J connectivity index is 2.39. The van der Waals surface area contributed by atoms with Gasteiger partial charge in [-0.2, -0.15) is 5.26 Å². The van der Waals surface area contributed by atoms with Crippen LogP contribution in [0.1, 0.15) is 43.1 Å². The molecule has 6 heteroatoms. The lowest BCUT2D eigenvalue weighted by atomic mass is 10.1. The number of esters is 1. The van der Waals surface area contributed by atoms with Crippen molar-refractivity contribution in [2.75, 3.05) is 7.11 Å². The Kier molecular flexibility index (Phi) is 5.83. The normalized spacial score (nSPS) is 10.8. The van der Waals surface area contributed by atoms with E-state index in [1.807, 2.05) is 20.8 Å². The van der Waals surface area contributed by atoms with Gasteiger partial charge >= 0.3 is 5.97 Å². The smallest absolute Gasteiger partial charge is 0.338 e. The third-order valence-electron chi connectivity index (χ3n) is 3.84. The van der Waals surface area contributed by atoms with Gasteiger partial charge in [0.1, 0.15) is 34.7 Å². The van der Waals surface area contributed by atoms with Gasteiger partial charge in [0.15, 0.2) is 0 Å². The van der Waals surface area contributed by atoms with Crippen molar-refractivity contribution in [3.05, 3.63) is 53.3 Å². The highest BCUT2D eigenvalue weighted by atomic mass is 19.1. The first-order valence-electron chi connectivity index (χ1n) is 8.08. The van der Waals surface area contributed by atoms with Crippen molar-refractivity contribution < 1.29 is 23.4 Å². The maximum absolute atomic E-state index is 13.8. The minimum atomic E-state index is -0.683. The maximum atomic E-state index is 13.8. The molecule has 0 saturated carbocycles. The molecule has 26 heavy (non-hydrogen) atoms. The third-order valence-corrected chi connectivity index (χ3v) is 3.84. The van der Waals surface area contributed by atoms with E-state index in [0.717, 1.165) is 12.5 Å². The highest BCUT2D eigenvalue weighted by molar-refractivity contribution is 5.90. The lowest BCUT2D eigenvalue weighted by Crippen LogP contribution is -2.26. The Hall–Kier alpha value is -3.07. The van der Waals surface area contributed by atoms with Crippen molar-refractivity contribution in [3.63, 3.8) is 0 Å². The number of ether oxygens (including phenoxy) is 3. The second-order valence-corrected chi connectivity index (χ2v) is 6.26. The molecule has 0 heterocycles. The van der Waals surface area contributed by atoms with E-state index in [9.17, 15) is 9.18 Å². The third kappa shape index (κ3) is 4.73. The van der Waals surface area contributed by atoms with Gasteiger partial charge in [-0.3, -0.25) is 0 Å². The van der Waals surface area contributed by atoms with Gasteiger partial charge < -0.3 is 14.2 Å². The van der Waals surface area contributed by atoms with Crippen LogP contribution in [0.5, 0.6) is 17.2 Å². The van der Waals surface area contributed by atoms with Gasteiger partial charge in [-0.15, -0.1) is 0 Å². The molecule has 0 fully saturated rings. The molecule has 0 atom stereocenters. The Morgan fingerprint density at radius 1 is 1.15 bits per heavy atom. The van der Waals surface area contributed by atoms with Crippen LogP contribution < -0.4 is 9.47 Å². The number of hydrogen-bond donors (Lipinski definition) is 0. The largest absolute Gasteiger partial charge is 0.488 e. The highest BCUT2D eigenvalue weighted by Gasteiger charge is 2.19. The summed E-state index contributed by atoms with van der Waals surface area (Å²) in [5.41, 5.74) is -0.262. The number of carbonyl (C=O) groups is 1. The monoisotopic (exact) mass is 357 g/mol. The summed E-state index contributed by atoms with van der Waals surface area (Å²) in [7, 11) is 1.28. The maximum Gasteiger partial charge on any atom is 0.338 e. The molecule has 0 aliphatic rings. The average molecular weight is 357 g/mol. The summed E-state index contributed by atoms with van der Waals surface area (Å²) >= 11 is 0. The van der Waals surface area contributed by atoms with Crippen LogP contribution in [0.25, 0.3) is 0 Å². The van der Waals surface area contributed by atoms with Crippen LogP contribution in [0.2, 0.25) is 0 Å². The van der Waals surface area contributed by atoms with Crippen molar-refractivity contribution in [1.29, 1.82) is 5.26 Å². The number of nitrogens with zero attached hydrogens (tertiary/aromatic N) is 1. The van der Waals surface area contributed by atoms with E-state index in [1.165, 1.54) is 25.3 Å². The molecule has 0 spiro atoms. The van der Waals surface area contributed by atoms with E-state index < -0.39 is 17.4 Å². The molecule has 0 aliphatic heterocycles. The first-order valence-corrected chi connectivity index (χ1v) is 8.08. The van der Waals surface area contributed by atoms with Gasteiger partial charge in [-0.25, -0.2) is 9.18 Å². The summed E-state index contributed by atoms with van der Waals surface area (Å²) in [6.07, 6.45) is 0.756. The standard InChI is InChI=1S/C20H20FNO4/c1-5-20(2,3)26-17-9-14(19(23)24-4)8-16(10-17)25-15-7-6-13(12-22)18(21)11-15/h6-11H,5H2,1-4H3. The molecule has 136 valence electrons. The number of methoxy groups -OCH3 is 1. The van der Waals surface area contributed by atoms with Crippen molar-refractivity contribution in [3.8, 4) is 23.3 Å². The lowest BCUT2D eigenvalue weighted by molar-refractivity contribution is 0.0597. The molecule has 2 rings (SSSR count). The molecule has 0 aliphatic carbocycles. The van der Waals surface area contributed by atoms with E-state index in [1.54, 1.807) is 18.2 Å². The zero-order chi connectivity index (χ0) is 19.3. The minimum Gasteiger partial charge on any atom is -0.488 e. The Labute approximate surface area is 151 Å². The van der Waals surface area contributed by atoms with Crippen LogP contribution in [-0.4, -0.2) is 18.7 Å². The fraction of sp³-hybridized carbons (Fsp3) is 0.300. The predicted molar refractivity (Wildman–Crippen MR) is 94.0 cm³/mol. The van der Waals surface area contributed by atoms with Crippen LogP contribution in [0.4, 0.5) is 4.39 Å². The average Bonchev–Trinajstić information content (AvgIpc) is 2.60. The van der Waals surface area contributed by atoms with E-state index in [4.69, 9.17) is 19.5 Å². The molecule has 2 aromatic carbocycles. The number of benzene rings is 2. The molecule has 2 aromatic rings. The summed E-state index contributed by atoms with van der Waals surface area (Å²) in [5.74, 6) is -0.301. The zero-order valence-corrected chi connectivity index (χ0v) is 15.1. The van der Waals surface area contributed by atoms with Gasteiger partial charge in [0.05, 0.1) is 18.2 Å². The van der Waals surface area contributed by atoms with Crippen LogP contribution >= 0.6 is 0 Å².